The Morgan fingerprint density at radius 3 is 2.58 bits per heavy atom. The number of hydrogen-bond acceptors (Lipinski definition) is 6. The summed E-state index contributed by atoms with van der Waals surface area (Å²) < 4.78 is 4.64. The molecule has 1 saturated heterocycles. The van der Waals surface area contributed by atoms with Gasteiger partial charge in [-0.2, -0.15) is 0 Å². The Kier molecular flexibility index (Phi) is 4.31. The first-order chi connectivity index (χ1) is 9.11. The van der Waals surface area contributed by atoms with Crippen LogP contribution in [-0.2, 0) is 4.74 Å². The van der Waals surface area contributed by atoms with Crippen molar-refractivity contribution in [3.63, 3.8) is 0 Å². The number of carbonyl (C=O) groups is 1. The predicted molar refractivity (Wildman–Crippen MR) is 72.3 cm³/mol. The molecule has 1 aromatic heterocycles. The van der Waals surface area contributed by atoms with Crippen LogP contribution in [0.4, 0.5) is 5.82 Å². The molecular weight excluding hydrogens is 244 g/mol. The monoisotopic (exact) mass is 264 g/mol. The maximum Gasteiger partial charge on any atom is 0.376 e. The van der Waals surface area contributed by atoms with Crippen molar-refractivity contribution in [1.29, 1.82) is 0 Å². The van der Waals surface area contributed by atoms with Crippen LogP contribution in [0.3, 0.4) is 0 Å². The minimum Gasteiger partial charge on any atom is -0.463 e. The van der Waals surface area contributed by atoms with E-state index in [4.69, 9.17) is 0 Å². The third-order valence-corrected chi connectivity index (χ3v) is 3.38. The molecule has 0 aliphatic carbocycles. The summed E-state index contributed by atoms with van der Waals surface area (Å²) in [6, 6.07) is 2.40. The van der Waals surface area contributed by atoms with E-state index in [-0.39, 0.29) is 5.82 Å². The molecule has 0 aromatic carbocycles. The standard InChI is InChI=1S/C13H20N4O2/c1-10(2)16-6-8-17(9-7-16)11-4-5-14-12(15-11)13(18)19-3/h4-5,10H,6-9H2,1-3H3. The summed E-state index contributed by atoms with van der Waals surface area (Å²) >= 11 is 0. The molecule has 0 atom stereocenters. The van der Waals surface area contributed by atoms with Crippen molar-refractivity contribution in [2.45, 2.75) is 19.9 Å². The topological polar surface area (TPSA) is 58.6 Å². The Labute approximate surface area is 113 Å². The Morgan fingerprint density at radius 2 is 2.00 bits per heavy atom. The van der Waals surface area contributed by atoms with Gasteiger partial charge in [-0.05, 0) is 19.9 Å². The van der Waals surface area contributed by atoms with Gasteiger partial charge in [0.05, 0.1) is 7.11 Å². The molecule has 6 nitrogen and oxygen atoms in total. The molecular formula is C13H20N4O2. The molecule has 0 saturated carbocycles. The molecule has 19 heavy (non-hydrogen) atoms. The highest BCUT2D eigenvalue weighted by Crippen LogP contribution is 2.14. The van der Waals surface area contributed by atoms with Crippen LogP contribution in [0.25, 0.3) is 0 Å². The Hall–Kier alpha value is -1.69. The molecule has 2 rings (SSSR count). The smallest absolute Gasteiger partial charge is 0.376 e. The van der Waals surface area contributed by atoms with Gasteiger partial charge in [0.2, 0.25) is 5.82 Å². The lowest BCUT2D eigenvalue weighted by Crippen LogP contribution is -2.49. The first-order valence-electron chi connectivity index (χ1n) is 6.52. The Bertz CT molecular complexity index is 442. The Morgan fingerprint density at radius 1 is 1.32 bits per heavy atom. The number of aromatic nitrogens is 2. The highest BCUT2D eigenvalue weighted by Gasteiger charge is 2.20. The van der Waals surface area contributed by atoms with Gasteiger partial charge in [-0.3, -0.25) is 4.90 Å². The number of ether oxygens (including phenoxy) is 1. The summed E-state index contributed by atoms with van der Waals surface area (Å²) in [6.45, 7) is 8.25. The third kappa shape index (κ3) is 3.20. The van der Waals surface area contributed by atoms with E-state index in [1.54, 1.807) is 6.20 Å². The molecule has 0 spiro atoms. The minimum atomic E-state index is -0.498. The molecule has 0 amide bonds. The zero-order valence-electron chi connectivity index (χ0n) is 11.7. The van der Waals surface area contributed by atoms with Crippen LogP contribution in [0.2, 0.25) is 0 Å². The number of rotatable bonds is 3. The highest BCUT2D eigenvalue weighted by atomic mass is 16.5. The number of methoxy groups -OCH3 is 1. The van der Waals surface area contributed by atoms with E-state index in [1.165, 1.54) is 7.11 Å². The second-order valence-corrected chi connectivity index (χ2v) is 4.85. The number of carbonyl (C=O) groups excluding carboxylic acids is 1. The molecule has 0 N–H and O–H groups in total. The molecule has 1 aliphatic rings. The average Bonchev–Trinajstić information content (AvgIpc) is 2.46. The van der Waals surface area contributed by atoms with E-state index < -0.39 is 5.97 Å². The van der Waals surface area contributed by atoms with Crippen molar-refractivity contribution in [1.82, 2.24) is 14.9 Å². The summed E-state index contributed by atoms with van der Waals surface area (Å²) in [7, 11) is 1.33. The fraction of sp³-hybridized carbons (Fsp3) is 0.615. The van der Waals surface area contributed by atoms with E-state index in [0.717, 1.165) is 32.0 Å². The van der Waals surface area contributed by atoms with Crippen molar-refractivity contribution >= 4 is 11.8 Å². The van der Waals surface area contributed by atoms with Crippen molar-refractivity contribution in [2.75, 3.05) is 38.2 Å². The van der Waals surface area contributed by atoms with E-state index in [2.05, 4.69) is 38.4 Å². The van der Waals surface area contributed by atoms with Crippen molar-refractivity contribution in [3.8, 4) is 0 Å². The molecule has 0 bridgehead atoms. The number of esters is 1. The minimum absolute atomic E-state index is 0.117. The quantitative estimate of drug-likeness (QED) is 0.752. The number of anilines is 1. The Balaban J connectivity index is 2.05. The normalized spacial score (nSPS) is 16.7. The molecule has 104 valence electrons. The summed E-state index contributed by atoms with van der Waals surface area (Å²) in [5.74, 6) is 0.410. The van der Waals surface area contributed by atoms with Crippen molar-refractivity contribution in [3.05, 3.63) is 18.1 Å². The maximum absolute atomic E-state index is 11.4. The second-order valence-electron chi connectivity index (χ2n) is 4.85. The molecule has 2 heterocycles. The van der Waals surface area contributed by atoms with Gasteiger partial charge in [0.15, 0.2) is 0 Å². The van der Waals surface area contributed by atoms with Crippen LogP contribution >= 0.6 is 0 Å². The lowest BCUT2D eigenvalue weighted by molar-refractivity contribution is 0.0586. The SMILES string of the molecule is COC(=O)c1nccc(N2CCN(C(C)C)CC2)n1. The van der Waals surface area contributed by atoms with Gasteiger partial charge in [0.1, 0.15) is 5.82 Å². The van der Waals surface area contributed by atoms with E-state index in [0.29, 0.717) is 6.04 Å². The van der Waals surface area contributed by atoms with Crippen LogP contribution < -0.4 is 4.90 Å². The summed E-state index contributed by atoms with van der Waals surface area (Å²) in [5.41, 5.74) is 0. The van der Waals surface area contributed by atoms with Gasteiger partial charge in [0, 0.05) is 38.4 Å². The van der Waals surface area contributed by atoms with E-state index >= 15 is 0 Å². The zero-order chi connectivity index (χ0) is 13.8. The van der Waals surface area contributed by atoms with Crippen LogP contribution in [0, 0.1) is 0 Å². The molecule has 0 unspecified atom stereocenters. The van der Waals surface area contributed by atoms with Gasteiger partial charge in [-0.25, -0.2) is 14.8 Å². The fourth-order valence-corrected chi connectivity index (χ4v) is 2.18. The van der Waals surface area contributed by atoms with Gasteiger partial charge in [0.25, 0.3) is 0 Å². The van der Waals surface area contributed by atoms with Gasteiger partial charge in [-0.15, -0.1) is 0 Å². The fourth-order valence-electron chi connectivity index (χ4n) is 2.18. The zero-order valence-corrected chi connectivity index (χ0v) is 11.7. The van der Waals surface area contributed by atoms with Crippen molar-refractivity contribution < 1.29 is 9.53 Å². The van der Waals surface area contributed by atoms with E-state index in [1.807, 2.05) is 6.07 Å². The lowest BCUT2D eigenvalue weighted by atomic mass is 10.2. The van der Waals surface area contributed by atoms with Gasteiger partial charge >= 0.3 is 5.97 Å². The molecule has 1 aromatic rings. The van der Waals surface area contributed by atoms with Gasteiger partial charge in [-0.1, -0.05) is 0 Å². The first-order valence-corrected chi connectivity index (χ1v) is 6.52. The lowest BCUT2D eigenvalue weighted by Gasteiger charge is -2.37. The number of piperazine rings is 1. The van der Waals surface area contributed by atoms with Crippen molar-refractivity contribution in [2.24, 2.45) is 0 Å². The van der Waals surface area contributed by atoms with Crippen LogP contribution in [0.15, 0.2) is 12.3 Å². The summed E-state index contributed by atoms with van der Waals surface area (Å²) in [6.07, 6.45) is 1.60. The highest BCUT2D eigenvalue weighted by molar-refractivity contribution is 5.85. The van der Waals surface area contributed by atoms with E-state index in [9.17, 15) is 4.79 Å². The average molecular weight is 264 g/mol. The van der Waals surface area contributed by atoms with Crippen LogP contribution in [-0.4, -0.2) is 60.2 Å². The first kappa shape index (κ1) is 13.7. The summed E-state index contributed by atoms with van der Waals surface area (Å²) in [5, 5.41) is 0. The molecule has 1 aliphatic heterocycles. The molecule has 1 fully saturated rings. The van der Waals surface area contributed by atoms with Gasteiger partial charge < -0.3 is 9.64 Å². The number of hydrogen-bond donors (Lipinski definition) is 0. The molecule has 6 heteroatoms. The maximum atomic E-state index is 11.4. The molecule has 0 radical (unpaired) electrons. The third-order valence-electron chi connectivity index (χ3n) is 3.38. The largest absolute Gasteiger partial charge is 0.463 e. The predicted octanol–water partition coefficient (Wildman–Crippen LogP) is 0.794. The van der Waals surface area contributed by atoms with Crippen LogP contribution in [0.1, 0.15) is 24.5 Å². The van der Waals surface area contributed by atoms with Crippen LogP contribution in [0.5, 0.6) is 0 Å². The second kappa shape index (κ2) is 5.97. The summed E-state index contributed by atoms with van der Waals surface area (Å²) in [4.78, 5) is 24.2. The number of nitrogens with zero attached hydrogens (tertiary/aromatic N) is 4.